The zero-order valence-corrected chi connectivity index (χ0v) is 10.2. The van der Waals surface area contributed by atoms with Crippen molar-refractivity contribution in [2.24, 2.45) is 5.92 Å². The van der Waals surface area contributed by atoms with Crippen molar-refractivity contribution in [1.29, 1.82) is 0 Å². The van der Waals surface area contributed by atoms with Crippen LogP contribution < -0.4 is 5.32 Å². The lowest BCUT2D eigenvalue weighted by atomic mass is 10.1. The van der Waals surface area contributed by atoms with Gasteiger partial charge in [-0.25, -0.2) is 0 Å². The van der Waals surface area contributed by atoms with Crippen molar-refractivity contribution in [2.75, 3.05) is 0 Å². The van der Waals surface area contributed by atoms with Gasteiger partial charge in [0.05, 0.1) is 6.04 Å². The standard InChI is InChI=1S/C12H22N2O/c1-7(2)13-12(15)11-6-9-5-10(9)14(11)8(3)4/h7-11H,5-6H2,1-4H3,(H,13,15)/t9-,10-,11+/m1/s1. The van der Waals surface area contributed by atoms with E-state index in [0.717, 1.165) is 12.3 Å². The van der Waals surface area contributed by atoms with Crippen molar-refractivity contribution in [2.45, 2.75) is 64.7 Å². The summed E-state index contributed by atoms with van der Waals surface area (Å²) in [5.41, 5.74) is 0. The molecule has 0 radical (unpaired) electrons. The molecule has 1 heterocycles. The molecule has 1 aliphatic carbocycles. The third kappa shape index (κ3) is 2.03. The summed E-state index contributed by atoms with van der Waals surface area (Å²) in [4.78, 5) is 14.4. The van der Waals surface area contributed by atoms with Gasteiger partial charge >= 0.3 is 0 Å². The number of piperidine rings is 1. The third-order valence-electron chi connectivity index (χ3n) is 3.48. The van der Waals surface area contributed by atoms with Gasteiger partial charge < -0.3 is 5.32 Å². The van der Waals surface area contributed by atoms with E-state index in [1.54, 1.807) is 0 Å². The Morgan fingerprint density at radius 3 is 2.47 bits per heavy atom. The zero-order valence-electron chi connectivity index (χ0n) is 10.2. The number of nitrogens with zero attached hydrogens (tertiary/aromatic N) is 1. The highest BCUT2D eigenvalue weighted by molar-refractivity contribution is 5.82. The Bertz CT molecular complexity index is 262. The van der Waals surface area contributed by atoms with Crippen molar-refractivity contribution in [3.05, 3.63) is 0 Å². The maximum atomic E-state index is 12.0. The van der Waals surface area contributed by atoms with Gasteiger partial charge in [-0.15, -0.1) is 0 Å². The molecule has 1 amide bonds. The molecule has 3 nitrogen and oxygen atoms in total. The topological polar surface area (TPSA) is 32.3 Å². The summed E-state index contributed by atoms with van der Waals surface area (Å²) in [7, 11) is 0. The van der Waals surface area contributed by atoms with E-state index >= 15 is 0 Å². The van der Waals surface area contributed by atoms with Gasteiger partial charge in [0.2, 0.25) is 5.91 Å². The number of carbonyl (C=O) groups excluding carboxylic acids is 1. The van der Waals surface area contributed by atoms with Crippen molar-refractivity contribution in [3.63, 3.8) is 0 Å². The first kappa shape index (κ1) is 10.9. The van der Waals surface area contributed by atoms with E-state index in [9.17, 15) is 4.79 Å². The molecular weight excluding hydrogens is 188 g/mol. The first-order valence-electron chi connectivity index (χ1n) is 6.08. The van der Waals surface area contributed by atoms with Gasteiger partial charge in [-0.05, 0) is 46.5 Å². The molecule has 86 valence electrons. The van der Waals surface area contributed by atoms with Crippen LogP contribution in [0.2, 0.25) is 0 Å². The minimum atomic E-state index is 0.135. The highest BCUT2D eigenvalue weighted by Gasteiger charge is 2.54. The van der Waals surface area contributed by atoms with Crippen LogP contribution in [0.15, 0.2) is 0 Å². The Labute approximate surface area is 92.2 Å². The van der Waals surface area contributed by atoms with Crippen LogP contribution >= 0.6 is 0 Å². The molecule has 0 aromatic heterocycles. The van der Waals surface area contributed by atoms with E-state index in [-0.39, 0.29) is 18.0 Å². The van der Waals surface area contributed by atoms with Gasteiger partial charge in [-0.2, -0.15) is 0 Å². The number of fused-ring (bicyclic) bond motifs is 1. The lowest BCUT2D eigenvalue weighted by Gasteiger charge is -2.30. The van der Waals surface area contributed by atoms with Crippen LogP contribution in [0.3, 0.4) is 0 Å². The zero-order chi connectivity index (χ0) is 11.2. The van der Waals surface area contributed by atoms with Crippen LogP contribution in [0.5, 0.6) is 0 Å². The highest BCUT2D eigenvalue weighted by Crippen LogP contribution is 2.48. The maximum absolute atomic E-state index is 12.0. The molecule has 1 aliphatic heterocycles. The van der Waals surface area contributed by atoms with Crippen molar-refractivity contribution in [1.82, 2.24) is 10.2 Å². The highest BCUT2D eigenvalue weighted by atomic mass is 16.2. The SMILES string of the molecule is CC(C)NC(=O)[C@@H]1C[C@H]2C[C@H]2N1C(C)C. The van der Waals surface area contributed by atoms with Gasteiger partial charge in [0.25, 0.3) is 0 Å². The average Bonchev–Trinajstić information content (AvgIpc) is 2.74. The third-order valence-corrected chi connectivity index (χ3v) is 3.48. The molecule has 0 unspecified atom stereocenters. The molecule has 0 aromatic carbocycles. The summed E-state index contributed by atoms with van der Waals surface area (Å²) in [5, 5.41) is 3.03. The minimum absolute atomic E-state index is 0.135. The lowest BCUT2D eigenvalue weighted by Crippen LogP contribution is -2.49. The van der Waals surface area contributed by atoms with E-state index < -0.39 is 0 Å². The van der Waals surface area contributed by atoms with E-state index in [4.69, 9.17) is 0 Å². The summed E-state index contributed by atoms with van der Waals surface area (Å²) in [5.74, 6) is 1.03. The van der Waals surface area contributed by atoms with Gasteiger partial charge in [-0.1, -0.05) is 0 Å². The Morgan fingerprint density at radius 1 is 1.27 bits per heavy atom. The second-order valence-electron chi connectivity index (χ2n) is 5.52. The number of hydrogen-bond donors (Lipinski definition) is 1. The van der Waals surface area contributed by atoms with E-state index in [2.05, 4.69) is 24.1 Å². The van der Waals surface area contributed by atoms with Gasteiger partial charge in [0.1, 0.15) is 0 Å². The number of amides is 1. The van der Waals surface area contributed by atoms with Crippen LogP contribution in [0.1, 0.15) is 40.5 Å². The Kier molecular flexibility index (Phi) is 2.75. The number of rotatable bonds is 3. The van der Waals surface area contributed by atoms with Crippen LogP contribution in [-0.2, 0) is 4.79 Å². The Hall–Kier alpha value is -0.570. The first-order valence-corrected chi connectivity index (χ1v) is 6.08. The summed E-state index contributed by atoms with van der Waals surface area (Å²) < 4.78 is 0. The summed E-state index contributed by atoms with van der Waals surface area (Å²) in [6.45, 7) is 8.42. The fraction of sp³-hybridized carbons (Fsp3) is 0.917. The molecule has 0 spiro atoms. The fourth-order valence-corrected chi connectivity index (χ4v) is 2.86. The number of likely N-dealkylation sites (tertiary alicyclic amines) is 1. The first-order chi connectivity index (χ1) is 7.00. The lowest BCUT2D eigenvalue weighted by molar-refractivity contribution is -0.127. The van der Waals surface area contributed by atoms with Crippen LogP contribution in [0.25, 0.3) is 0 Å². The van der Waals surface area contributed by atoms with E-state index in [1.165, 1.54) is 6.42 Å². The molecule has 2 fully saturated rings. The largest absolute Gasteiger partial charge is 0.353 e. The summed E-state index contributed by atoms with van der Waals surface area (Å²) >= 11 is 0. The predicted octanol–water partition coefficient (Wildman–Crippen LogP) is 1.38. The summed E-state index contributed by atoms with van der Waals surface area (Å²) in [6.07, 6.45) is 2.38. The molecule has 2 rings (SSSR count). The minimum Gasteiger partial charge on any atom is -0.353 e. The Morgan fingerprint density at radius 2 is 1.93 bits per heavy atom. The van der Waals surface area contributed by atoms with E-state index in [1.807, 2.05) is 13.8 Å². The van der Waals surface area contributed by atoms with Gasteiger partial charge in [-0.3, -0.25) is 9.69 Å². The van der Waals surface area contributed by atoms with Crippen LogP contribution in [0.4, 0.5) is 0 Å². The molecule has 3 atom stereocenters. The van der Waals surface area contributed by atoms with Crippen molar-refractivity contribution in [3.8, 4) is 0 Å². The summed E-state index contributed by atoms with van der Waals surface area (Å²) in [6, 6.07) is 1.58. The molecule has 1 saturated carbocycles. The van der Waals surface area contributed by atoms with Gasteiger partial charge in [0, 0.05) is 18.1 Å². The number of hydrogen-bond acceptors (Lipinski definition) is 2. The Balaban J connectivity index is 2.00. The fourth-order valence-electron chi connectivity index (χ4n) is 2.86. The van der Waals surface area contributed by atoms with Crippen LogP contribution in [0, 0.1) is 5.92 Å². The quantitative estimate of drug-likeness (QED) is 0.763. The van der Waals surface area contributed by atoms with Crippen molar-refractivity contribution >= 4 is 5.91 Å². The molecule has 1 saturated heterocycles. The van der Waals surface area contributed by atoms with Gasteiger partial charge in [0.15, 0.2) is 0 Å². The smallest absolute Gasteiger partial charge is 0.237 e. The van der Waals surface area contributed by atoms with Crippen molar-refractivity contribution < 1.29 is 4.79 Å². The second kappa shape index (κ2) is 3.78. The average molecular weight is 210 g/mol. The van der Waals surface area contributed by atoms with E-state index in [0.29, 0.717) is 12.1 Å². The molecule has 1 N–H and O–H groups in total. The predicted molar refractivity (Wildman–Crippen MR) is 60.6 cm³/mol. The van der Waals surface area contributed by atoms with Crippen LogP contribution in [-0.4, -0.2) is 35.0 Å². The maximum Gasteiger partial charge on any atom is 0.237 e. The second-order valence-corrected chi connectivity index (χ2v) is 5.52. The molecule has 15 heavy (non-hydrogen) atoms. The normalized spacial score (nSPS) is 34.7. The number of nitrogens with one attached hydrogen (secondary N) is 1. The molecule has 3 heteroatoms. The number of carbonyl (C=O) groups is 1. The monoisotopic (exact) mass is 210 g/mol. The molecule has 0 aromatic rings. The molecular formula is C12H22N2O. The molecule has 0 bridgehead atoms. The molecule has 2 aliphatic rings.